The van der Waals surface area contributed by atoms with E-state index in [0.29, 0.717) is 17.9 Å². The van der Waals surface area contributed by atoms with Crippen LogP contribution >= 0.6 is 0 Å². The summed E-state index contributed by atoms with van der Waals surface area (Å²) in [6.45, 7) is 0.372. The van der Waals surface area contributed by atoms with Gasteiger partial charge in [0.15, 0.2) is 5.82 Å². The summed E-state index contributed by atoms with van der Waals surface area (Å²) in [5, 5.41) is 7.02. The van der Waals surface area contributed by atoms with Crippen molar-refractivity contribution in [1.29, 1.82) is 0 Å². The van der Waals surface area contributed by atoms with E-state index < -0.39 is 0 Å². The van der Waals surface area contributed by atoms with Gasteiger partial charge in [-0.3, -0.25) is 9.78 Å². The van der Waals surface area contributed by atoms with E-state index in [1.807, 2.05) is 24.4 Å². The first-order chi connectivity index (χ1) is 10.3. The molecule has 3 heterocycles. The van der Waals surface area contributed by atoms with Crippen LogP contribution in [0.15, 0.2) is 61.3 Å². The van der Waals surface area contributed by atoms with Gasteiger partial charge in [0, 0.05) is 43.1 Å². The van der Waals surface area contributed by atoms with Crippen molar-refractivity contribution in [3.63, 3.8) is 0 Å². The van der Waals surface area contributed by atoms with Gasteiger partial charge in [-0.1, -0.05) is 6.07 Å². The highest BCUT2D eigenvalue weighted by molar-refractivity contribution is 5.93. The number of aromatic nitrogens is 4. The fourth-order valence-corrected chi connectivity index (χ4v) is 1.94. The van der Waals surface area contributed by atoms with E-state index in [1.165, 1.54) is 6.20 Å². The maximum Gasteiger partial charge on any atom is 0.253 e. The van der Waals surface area contributed by atoms with Crippen LogP contribution in [0.25, 0.3) is 5.82 Å². The Labute approximate surface area is 121 Å². The first kappa shape index (κ1) is 13.0. The Balaban J connectivity index is 1.76. The van der Waals surface area contributed by atoms with Crippen molar-refractivity contribution in [2.75, 3.05) is 0 Å². The molecule has 1 amide bonds. The van der Waals surface area contributed by atoms with Crippen molar-refractivity contribution < 1.29 is 4.79 Å². The molecule has 0 aliphatic rings. The van der Waals surface area contributed by atoms with Crippen LogP contribution < -0.4 is 5.32 Å². The van der Waals surface area contributed by atoms with E-state index >= 15 is 0 Å². The second kappa shape index (κ2) is 5.96. The van der Waals surface area contributed by atoms with E-state index in [2.05, 4.69) is 20.4 Å². The molecule has 1 N–H and O–H groups in total. The van der Waals surface area contributed by atoms with Gasteiger partial charge in [-0.25, -0.2) is 9.67 Å². The van der Waals surface area contributed by atoms with Crippen LogP contribution in [0.5, 0.6) is 0 Å². The Hall–Kier alpha value is -3.02. The number of nitrogens with one attached hydrogen (secondary N) is 1. The van der Waals surface area contributed by atoms with Crippen LogP contribution in [0, 0.1) is 0 Å². The van der Waals surface area contributed by atoms with E-state index in [0.717, 1.165) is 5.56 Å². The van der Waals surface area contributed by atoms with Gasteiger partial charge >= 0.3 is 0 Å². The van der Waals surface area contributed by atoms with E-state index in [1.54, 1.807) is 35.4 Å². The second-order valence-corrected chi connectivity index (χ2v) is 4.36. The molecular formula is C15H13N5O. The minimum atomic E-state index is -0.168. The summed E-state index contributed by atoms with van der Waals surface area (Å²) in [5.41, 5.74) is 1.42. The predicted octanol–water partition coefficient (Wildman–Crippen LogP) is 1.59. The number of carbonyl (C=O) groups is 1. The first-order valence-electron chi connectivity index (χ1n) is 6.47. The van der Waals surface area contributed by atoms with Crippen LogP contribution in [0.4, 0.5) is 0 Å². The highest BCUT2D eigenvalue weighted by atomic mass is 16.1. The van der Waals surface area contributed by atoms with Crippen LogP contribution in [0.1, 0.15) is 15.9 Å². The molecule has 0 unspecified atom stereocenters. The molecular weight excluding hydrogens is 266 g/mol. The fraction of sp³-hybridized carbons (Fsp3) is 0.0667. The second-order valence-electron chi connectivity index (χ2n) is 4.36. The summed E-state index contributed by atoms with van der Waals surface area (Å²) in [5.74, 6) is 0.535. The zero-order chi connectivity index (χ0) is 14.5. The molecule has 3 aromatic rings. The standard InChI is InChI=1S/C15H13N5O/c21-15(13-5-1-6-16-10-13)18-11-12-4-2-7-17-14(12)20-9-3-8-19-20/h1-10H,11H2,(H,18,21). The van der Waals surface area contributed by atoms with Crippen molar-refractivity contribution in [1.82, 2.24) is 25.1 Å². The van der Waals surface area contributed by atoms with E-state index in [-0.39, 0.29) is 5.91 Å². The molecule has 3 rings (SSSR count). The van der Waals surface area contributed by atoms with Crippen molar-refractivity contribution in [3.05, 3.63) is 72.4 Å². The van der Waals surface area contributed by atoms with Crippen molar-refractivity contribution in [2.24, 2.45) is 0 Å². The lowest BCUT2D eigenvalue weighted by atomic mass is 10.2. The molecule has 0 saturated heterocycles. The number of carbonyl (C=O) groups excluding carboxylic acids is 1. The van der Waals surface area contributed by atoms with Gasteiger partial charge < -0.3 is 5.32 Å². The highest BCUT2D eigenvalue weighted by Gasteiger charge is 2.09. The smallest absolute Gasteiger partial charge is 0.253 e. The van der Waals surface area contributed by atoms with Crippen LogP contribution in [0.3, 0.4) is 0 Å². The minimum absolute atomic E-state index is 0.168. The van der Waals surface area contributed by atoms with Gasteiger partial charge in [0.25, 0.3) is 5.91 Å². The average Bonchev–Trinajstić information content (AvgIpc) is 3.08. The molecule has 21 heavy (non-hydrogen) atoms. The molecule has 6 nitrogen and oxygen atoms in total. The number of pyridine rings is 2. The molecule has 0 fully saturated rings. The SMILES string of the molecule is O=C(NCc1cccnc1-n1cccn1)c1cccnc1. The zero-order valence-corrected chi connectivity index (χ0v) is 11.2. The summed E-state index contributed by atoms with van der Waals surface area (Å²) in [6, 6.07) is 9.02. The summed E-state index contributed by atoms with van der Waals surface area (Å²) in [7, 11) is 0. The predicted molar refractivity (Wildman–Crippen MR) is 76.8 cm³/mol. The molecule has 0 aromatic carbocycles. The lowest BCUT2D eigenvalue weighted by Gasteiger charge is -2.09. The molecule has 0 radical (unpaired) electrons. The lowest BCUT2D eigenvalue weighted by molar-refractivity contribution is 0.0950. The van der Waals surface area contributed by atoms with E-state index in [9.17, 15) is 4.79 Å². The molecule has 0 atom stereocenters. The molecule has 104 valence electrons. The maximum absolute atomic E-state index is 12.0. The number of hydrogen-bond acceptors (Lipinski definition) is 4. The summed E-state index contributed by atoms with van der Waals surface area (Å²) in [4.78, 5) is 20.3. The Bertz CT molecular complexity index is 725. The quantitative estimate of drug-likeness (QED) is 0.787. The molecule has 0 aliphatic carbocycles. The van der Waals surface area contributed by atoms with Gasteiger partial charge in [-0.15, -0.1) is 0 Å². The summed E-state index contributed by atoms with van der Waals surface area (Å²) in [6.07, 6.45) is 8.37. The number of hydrogen-bond donors (Lipinski definition) is 1. The third-order valence-electron chi connectivity index (χ3n) is 2.95. The monoisotopic (exact) mass is 279 g/mol. The topological polar surface area (TPSA) is 72.7 Å². The number of rotatable bonds is 4. The van der Waals surface area contributed by atoms with Gasteiger partial charge in [0.2, 0.25) is 0 Å². The van der Waals surface area contributed by atoms with Gasteiger partial charge in [-0.05, 0) is 24.3 Å². The first-order valence-corrected chi connectivity index (χ1v) is 6.47. The summed E-state index contributed by atoms with van der Waals surface area (Å²) < 4.78 is 1.67. The van der Waals surface area contributed by atoms with Crippen molar-refractivity contribution in [3.8, 4) is 5.82 Å². The maximum atomic E-state index is 12.0. The largest absolute Gasteiger partial charge is 0.348 e. The van der Waals surface area contributed by atoms with Gasteiger partial charge in [0.1, 0.15) is 0 Å². The highest BCUT2D eigenvalue weighted by Crippen LogP contribution is 2.10. The molecule has 3 aromatic heterocycles. The molecule has 0 aliphatic heterocycles. The molecule has 0 spiro atoms. The molecule has 6 heteroatoms. The molecule has 0 bridgehead atoms. The minimum Gasteiger partial charge on any atom is -0.348 e. The fourth-order valence-electron chi connectivity index (χ4n) is 1.94. The Kier molecular flexibility index (Phi) is 3.68. The zero-order valence-electron chi connectivity index (χ0n) is 11.2. The van der Waals surface area contributed by atoms with Crippen LogP contribution in [0.2, 0.25) is 0 Å². The average molecular weight is 279 g/mol. The van der Waals surface area contributed by atoms with Crippen molar-refractivity contribution in [2.45, 2.75) is 6.54 Å². The van der Waals surface area contributed by atoms with E-state index in [4.69, 9.17) is 0 Å². The number of amides is 1. The summed E-state index contributed by atoms with van der Waals surface area (Å²) >= 11 is 0. The Morgan fingerprint density at radius 1 is 1.14 bits per heavy atom. The van der Waals surface area contributed by atoms with Crippen molar-refractivity contribution >= 4 is 5.91 Å². The third kappa shape index (κ3) is 2.94. The number of nitrogens with zero attached hydrogens (tertiary/aromatic N) is 4. The Morgan fingerprint density at radius 2 is 2.05 bits per heavy atom. The van der Waals surface area contributed by atoms with Gasteiger partial charge in [-0.2, -0.15) is 5.10 Å². The van der Waals surface area contributed by atoms with Gasteiger partial charge in [0.05, 0.1) is 5.56 Å². The third-order valence-corrected chi connectivity index (χ3v) is 2.95. The molecule has 0 saturated carbocycles. The normalized spacial score (nSPS) is 10.3. The van der Waals surface area contributed by atoms with Crippen LogP contribution in [-0.2, 0) is 6.54 Å². The van der Waals surface area contributed by atoms with Crippen LogP contribution in [-0.4, -0.2) is 25.7 Å². The lowest BCUT2D eigenvalue weighted by Crippen LogP contribution is -2.23. The Morgan fingerprint density at radius 3 is 2.81 bits per heavy atom.